The van der Waals surface area contributed by atoms with Gasteiger partial charge in [0.2, 0.25) is 0 Å². The monoisotopic (exact) mass is 152 g/mol. The molecule has 1 saturated heterocycles. The molecule has 11 heavy (non-hydrogen) atoms. The van der Waals surface area contributed by atoms with Crippen molar-refractivity contribution in [3.8, 4) is 0 Å². The number of aliphatic hydroxyl groups is 1. The number of nitrogens with one attached hydrogen (secondary N) is 1. The summed E-state index contributed by atoms with van der Waals surface area (Å²) in [6.45, 7) is 0. The Morgan fingerprint density at radius 2 is 1.91 bits per heavy atom. The summed E-state index contributed by atoms with van der Waals surface area (Å²) < 4.78 is 0. The van der Waals surface area contributed by atoms with Gasteiger partial charge in [-0.05, 0) is 24.3 Å². The van der Waals surface area contributed by atoms with Gasteiger partial charge in [0.25, 0.3) is 5.91 Å². The first-order chi connectivity index (χ1) is 5.21. The second-order valence-corrected chi connectivity index (χ2v) is 2.47. The van der Waals surface area contributed by atoms with Crippen LogP contribution in [0.5, 0.6) is 0 Å². The second kappa shape index (κ2) is 1.94. The Bertz CT molecular complexity index is 266. The largest absolute Gasteiger partial charge is 0.399 e. The van der Waals surface area contributed by atoms with Crippen LogP contribution in [0.1, 0.15) is 5.56 Å². The highest BCUT2D eigenvalue weighted by atomic mass is 16.9. The zero-order valence-electron chi connectivity index (χ0n) is 5.74. The molecule has 4 heteroatoms. The molecule has 0 saturated carbocycles. The van der Waals surface area contributed by atoms with Crippen LogP contribution in [-0.4, -0.2) is 5.11 Å². The molecule has 0 spiro atoms. The average molecular weight is 152 g/mol. The van der Waals surface area contributed by atoms with E-state index in [1.54, 1.807) is 24.3 Å². The first-order valence-corrected chi connectivity index (χ1v) is 3.24. The Kier molecular flexibility index (Phi) is 1.17. The smallest absolute Gasteiger partial charge is 0.292 e. The van der Waals surface area contributed by atoms with Crippen LogP contribution in [0.25, 0.3) is 0 Å². The number of benzene rings is 1. The lowest BCUT2D eigenvalue weighted by Gasteiger charge is -2.00. The summed E-state index contributed by atoms with van der Waals surface area (Å²) in [5.41, 5.74) is 9.13. The van der Waals surface area contributed by atoms with E-state index in [1.807, 2.05) is 0 Å². The molecule has 1 unspecified atom stereocenters. The van der Waals surface area contributed by atoms with Crippen molar-refractivity contribution in [1.29, 1.82) is 0 Å². The number of nitrogens with two attached hydrogens (primary N) is 1. The van der Waals surface area contributed by atoms with E-state index in [0.717, 1.165) is 0 Å². The van der Waals surface area contributed by atoms with Crippen LogP contribution in [0.2, 0.25) is 0 Å². The highest BCUT2D eigenvalue weighted by Gasteiger charge is 2.44. The quantitative estimate of drug-likeness (QED) is 0.388. The standard InChI is InChI=1S/C7H8N2O2/c8-6-3-1-5(2-4-6)7(10)9-11-7/h1-4,9-10H,8H2. The van der Waals surface area contributed by atoms with E-state index >= 15 is 0 Å². The SMILES string of the molecule is Nc1ccc(C2(O)NO2)cc1. The Morgan fingerprint density at radius 3 is 2.36 bits per heavy atom. The summed E-state index contributed by atoms with van der Waals surface area (Å²) in [6, 6.07) is 6.82. The topological polar surface area (TPSA) is 80.7 Å². The highest BCUT2D eigenvalue weighted by Crippen LogP contribution is 2.28. The van der Waals surface area contributed by atoms with Crippen LogP contribution in [-0.2, 0) is 10.7 Å². The molecule has 1 aliphatic rings. The lowest BCUT2D eigenvalue weighted by Crippen LogP contribution is -2.10. The van der Waals surface area contributed by atoms with Gasteiger partial charge < -0.3 is 10.8 Å². The van der Waals surface area contributed by atoms with Gasteiger partial charge in [-0.15, -0.1) is 5.48 Å². The van der Waals surface area contributed by atoms with E-state index in [9.17, 15) is 5.11 Å². The van der Waals surface area contributed by atoms with E-state index < -0.39 is 5.91 Å². The summed E-state index contributed by atoms with van der Waals surface area (Å²) in [7, 11) is 0. The van der Waals surface area contributed by atoms with Crippen molar-refractivity contribution in [1.82, 2.24) is 5.48 Å². The summed E-state index contributed by atoms with van der Waals surface area (Å²) >= 11 is 0. The molecule has 1 heterocycles. The molecular formula is C7H8N2O2. The fourth-order valence-corrected chi connectivity index (χ4v) is 0.875. The molecule has 1 fully saturated rings. The number of nitrogen functional groups attached to an aromatic ring is 1. The Morgan fingerprint density at radius 1 is 1.36 bits per heavy atom. The predicted molar refractivity (Wildman–Crippen MR) is 39.0 cm³/mol. The van der Waals surface area contributed by atoms with Crippen molar-refractivity contribution >= 4 is 5.69 Å². The lowest BCUT2D eigenvalue weighted by atomic mass is 10.2. The minimum absolute atomic E-state index is 0.659. The third-order valence-electron chi connectivity index (χ3n) is 1.60. The lowest BCUT2D eigenvalue weighted by molar-refractivity contribution is 0.0333. The minimum Gasteiger partial charge on any atom is -0.399 e. The first kappa shape index (κ1) is 6.60. The molecule has 0 amide bonds. The highest BCUT2D eigenvalue weighted by molar-refractivity contribution is 5.40. The molecule has 0 radical (unpaired) electrons. The Labute approximate surface area is 63.5 Å². The van der Waals surface area contributed by atoms with E-state index in [-0.39, 0.29) is 0 Å². The maximum absolute atomic E-state index is 9.32. The normalized spacial score (nSPS) is 28.5. The number of anilines is 1. The van der Waals surface area contributed by atoms with Gasteiger partial charge in [0.15, 0.2) is 0 Å². The molecule has 1 aromatic rings. The summed E-state index contributed by atoms with van der Waals surface area (Å²) in [5.74, 6) is -1.27. The van der Waals surface area contributed by atoms with Gasteiger partial charge in [0, 0.05) is 11.3 Å². The van der Waals surface area contributed by atoms with Crippen molar-refractivity contribution in [3.63, 3.8) is 0 Å². The van der Waals surface area contributed by atoms with Crippen molar-refractivity contribution < 1.29 is 9.94 Å². The number of rotatable bonds is 1. The fraction of sp³-hybridized carbons (Fsp3) is 0.143. The van der Waals surface area contributed by atoms with Gasteiger partial charge in [0.1, 0.15) is 0 Å². The van der Waals surface area contributed by atoms with E-state index in [2.05, 4.69) is 10.3 Å². The fourth-order valence-electron chi connectivity index (χ4n) is 0.875. The molecule has 0 bridgehead atoms. The zero-order valence-corrected chi connectivity index (χ0v) is 5.74. The Balaban J connectivity index is 2.33. The molecule has 1 aromatic carbocycles. The second-order valence-electron chi connectivity index (χ2n) is 2.47. The minimum atomic E-state index is -1.27. The zero-order chi connectivity index (χ0) is 7.90. The van der Waals surface area contributed by atoms with Gasteiger partial charge in [-0.1, -0.05) is 0 Å². The molecule has 58 valence electrons. The maximum Gasteiger partial charge on any atom is 0.292 e. The van der Waals surface area contributed by atoms with Gasteiger partial charge >= 0.3 is 0 Å². The van der Waals surface area contributed by atoms with Crippen LogP contribution in [0.3, 0.4) is 0 Å². The van der Waals surface area contributed by atoms with E-state index in [0.29, 0.717) is 11.3 Å². The molecule has 4 N–H and O–H groups in total. The number of hydrogen-bond acceptors (Lipinski definition) is 4. The third-order valence-corrected chi connectivity index (χ3v) is 1.60. The van der Waals surface area contributed by atoms with Crippen LogP contribution >= 0.6 is 0 Å². The maximum atomic E-state index is 9.32. The van der Waals surface area contributed by atoms with Crippen LogP contribution in [0.15, 0.2) is 24.3 Å². The molecule has 0 aliphatic carbocycles. The molecule has 1 atom stereocenters. The van der Waals surface area contributed by atoms with E-state index in [1.165, 1.54) is 0 Å². The number of hydroxylamine groups is 1. The average Bonchev–Trinajstić information content (AvgIpc) is 2.70. The van der Waals surface area contributed by atoms with Crippen molar-refractivity contribution in [3.05, 3.63) is 29.8 Å². The third kappa shape index (κ3) is 1.07. The van der Waals surface area contributed by atoms with Gasteiger partial charge in [-0.25, -0.2) is 4.84 Å². The predicted octanol–water partition coefficient (Wildman–Crippen LogP) is -0.0938. The molecule has 4 nitrogen and oxygen atoms in total. The van der Waals surface area contributed by atoms with E-state index in [4.69, 9.17) is 5.73 Å². The van der Waals surface area contributed by atoms with Crippen LogP contribution < -0.4 is 11.2 Å². The molecule has 2 rings (SSSR count). The van der Waals surface area contributed by atoms with Crippen LogP contribution in [0.4, 0.5) is 5.69 Å². The molecular weight excluding hydrogens is 144 g/mol. The first-order valence-electron chi connectivity index (χ1n) is 3.24. The van der Waals surface area contributed by atoms with Crippen molar-refractivity contribution in [2.75, 3.05) is 5.73 Å². The van der Waals surface area contributed by atoms with Crippen molar-refractivity contribution in [2.45, 2.75) is 5.91 Å². The van der Waals surface area contributed by atoms with Gasteiger partial charge in [-0.2, -0.15) is 0 Å². The number of hydrogen-bond donors (Lipinski definition) is 3. The van der Waals surface area contributed by atoms with Crippen LogP contribution in [0, 0.1) is 0 Å². The summed E-state index contributed by atoms with van der Waals surface area (Å²) in [6.07, 6.45) is 0. The molecule has 1 aliphatic heterocycles. The van der Waals surface area contributed by atoms with Crippen molar-refractivity contribution in [2.24, 2.45) is 0 Å². The Hall–Kier alpha value is -1.10. The molecule has 0 aromatic heterocycles. The van der Waals surface area contributed by atoms with Gasteiger partial charge in [0.05, 0.1) is 0 Å². The summed E-state index contributed by atoms with van der Waals surface area (Å²) in [4.78, 5) is 4.59. The van der Waals surface area contributed by atoms with Gasteiger partial charge in [-0.3, -0.25) is 0 Å². The summed E-state index contributed by atoms with van der Waals surface area (Å²) in [5, 5.41) is 9.32.